The Kier molecular flexibility index (Phi) is 10.1. The molecule has 4 aromatic rings. The molecule has 16 nitrogen and oxygen atoms in total. The fourth-order valence-electron chi connectivity index (χ4n) is 4.72. The van der Waals surface area contributed by atoms with E-state index in [-0.39, 0.29) is 35.4 Å². The average Bonchev–Trinajstić information content (AvgIpc) is 3.79. The second kappa shape index (κ2) is 14.2. The summed E-state index contributed by atoms with van der Waals surface area (Å²) in [7, 11) is -4.77. The van der Waals surface area contributed by atoms with Gasteiger partial charge < -0.3 is 24.6 Å². The van der Waals surface area contributed by atoms with Gasteiger partial charge in [0, 0.05) is 30.0 Å². The number of amides is 3. The fourth-order valence-corrected chi connectivity index (χ4v) is 5.11. The number of carbonyl (C=O) groups is 4. The molecule has 0 aliphatic heterocycles. The van der Waals surface area contributed by atoms with Crippen LogP contribution in [0.4, 0.5) is 16.3 Å². The van der Waals surface area contributed by atoms with Crippen molar-refractivity contribution in [3.63, 3.8) is 0 Å². The Hall–Kier alpha value is -5.31. The van der Waals surface area contributed by atoms with Crippen molar-refractivity contribution in [1.82, 2.24) is 24.8 Å². The van der Waals surface area contributed by atoms with Gasteiger partial charge in [0.1, 0.15) is 17.6 Å². The second-order valence-corrected chi connectivity index (χ2v) is 12.2. The van der Waals surface area contributed by atoms with Crippen molar-refractivity contribution >= 4 is 48.7 Å². The Morgan fingerprint density at radius 2 is 1.75 bits per heavy atom. The van der Waals surface area contributed by atoms with Crippen LogP contribution in [-0.4, -0.2) is 72.5 Å². The molecule has 252 valence electrons. The molecule has 1 aliphatic rings. The number of aryl methyl sites for hydroxylation is 2. The molecule has 4 N–H and O–H groups in total. The predicted molar refractivity (Wildman–Crippen MR) is 170 cm³/mol. The summed E-state index contributed by atoms with van der Waals surface area (Å²) in [6.07, 6.45) is 4.09. The van der Waals surface area contributed by atoms with Gasteiger partial charge in [0.05, 0.1) is 11.1 Å². The van der Waals surface area contributed by atoms with Gasteiger partial charge in [-0.15, -0.1) is 0 Å². The Morgan fingerprint density at radius 3 is 2.42 bits per heavy atom. The van der Waals surface area contributed by atoms with Gasteiger partial charge >= 0.3 is 19.9 Å². The van der Waals surface area contributed by atoms with Crippen LogP contribution < -0.4 is 15.2 Å². The van der Waals surface area contributed by atoms with E-state index in [0.717, 1.165) is 35.4 Å². The van der Waals surface area contributed by atoms with E-state index in [9.17, 15) is 23.7 Å². The molecule has 1 fully saturated rings. The lowest BCUT2D eigenvalue weighted by molar-refractivity contribution is -0.0105. The third kappa shape index (κ3) is 8.15. The number of anilines is 2. The predicted octanol–water partition coefficient (Wildman–Crippen LogP) is 4.26. The van der Waals surface area contributed by atoms with Gasteiger partial charge in [-0.3, -0.25) is 19.4 Å². The van der Waals surface area contributed by atoms with Crippen LogP contribution >= 0.6 is 7.82 Å². The molecule has 2 aromatic carbocycles. The first-order valence-corrected chi connectivity index (χ1v) is 16.4. The van der Waals surface area contributed by atoms with Gasteiger partial charge in [0.15, 0.2) is 5.82 Å². The fraction of sp³-hybridized carbons (Fsp3) is 0.290. The Balaban J connectivity index is 1.28. The van der Waals surface area contributed by atoms with E-state index >= 15 is 0 Å². The number of benzene rings is 2. The molecule has 48 heavy (non-hydrogen) atoms. The molecule has 0 unspecified atom stereocenters. The normalized spacial score (nSPS) is 12.7. The first kappa shape index (κ1) is 34.0. The lowest BCUT2D eigenvalue weighted by Gasteiger charge is -2.19. The van der Waals surface area contributed by atoms with Crippen LogP contribution in [0.15, 0.2) is 55.0 Å². The maximum Gasteiger partial charge on any atom is 0.524 e. The van der Waals surface area contributed by atoms with E-state index < -0.39 is 32.6 Å². The number of nitrogens with zero attached hydrogens (tertiary/aromatic N) is 4. The molecule has 0 bridgehead atoms. The second-order valence-electron chi connectivity index (χ2n) is 11.0. The molecule has 0 saturated heterocycles. The Bertz CT molecular complexity index is 1920. The summed E-state index contributed by atoms with van der Waals surface area (Å²) in [5.41, 5.74) is 3.11. The number of hydrogen-bond donors (Lipinski definition) is 4. The van der Waals surface area contributed by atoms with E-state index in [0.29, 0.717) is 34.6 Å². The summed E-state index contributed by atoms with van der Waals surface area (Å²) < 4.78 is 26.9. The Labute approximate surface area is 274 Å². The first-order chi connectivity index (χ1) is 22.8. The molecular formula is C31H33N6O10P. The third-order valence-corrected chi connectivity index (χ3v) is 7.77. The van der Waals surface area contributed by atoms with Crippen molar-refractivity contribution < 1.29 is 47.5 Å². The van der Waals surface area contributed by atoms with E-state index in [4.69, 9.17) is 19.3 Å². The van der Waals surface area contributed by atoms with Crippen molar-refractivity contribution in [3.05, 3.63) is 82.8 Å². The van der Waals surface area contributed by atoms with Crippen molar-refractivity contribution in [2.24, 2.45) is 0 Å². The number of nitrogens with one attached hydrogen (secondary N) is 2. The van der Waals surface area contributed by atoms with Crippen LogP contribution in [0.1, 0.15) is 68.4 Å². The molecule has 17 heteroatoms. The quantitative estimate of drug-likeness (QED) is 0.0937. The van der Waals surface area contributed by atoms with Crippen LogP contribution in [0.2, 0.25) is 0 Å². The molecule has 5 rings (SSSR count). The van der Waals surface area contributed by atoms with Crippen molar-refractivity contribution in [1.29, 1.82) is 0 Å². The summed E-state index contributed by atoms with van der Waals surface area (Å²) in [5, 5.41) is 10.5. The highest BCUT2D eigenvalue weighted by atomic mass is 31.2. The molecular weight excluding hydrogens is 647 g/mol. The van der Waals surface area contributed by atoms with Gasteiger partial charge in [-0.05, 0) is 80.6 Å². The van der Waals surface area contributed by atoms with Gasteiger partial charge in [0.2, 0.25) is 6.79 Å². The molecule has 0 spiro atoms. The molecule has 1 aliphatic carbocycles. The van der Waals surface area contributed by atoms with E-state index in [1.165, 1.54) is 29.2 Å². The molecule has 2 aromatic heterocycles. The number of hydrogen-bond acceptors (Lipinski definition) is 11. The van der Waals surface area contributed by atoms with Crippen molar-refractivity contribution in [3.8, 4) is 5.75 Å². The minimum absolute atomic E-state index is 0.00394. The lowest BCUT2D eigenvalue weighted by Crippen LogP contribution is -2.38. The number of carbonyl (C=O) groups excluding carboxylic acids is 4. The highest BCUT2D eigenvalue weighted by Crippen LogP contribution is 2.37. The van der Waals surface area contributed by atoms with Crippen LogP contribution in [0.5, 0.6) is 5.75 Å². The van der Waals surface area contributed by atoms with Crippen LogP contribution in [-0.2, 0) is 14.0 Å². The number of imide groups is 1. The van der Waals surface area contributed by atoms with Gasteiger partial charge in [0.25, 0.3) is 11.8 Å². The van der Waals surface area contributed by atoms with Crippen LogP contribution in [0.25, 0.3) is 5.52 Å². The zero-order chi connectivity index (χ0) is 34.6. The number of fused-ring (bicyclic) bond motifs is 1. The van der Waals surface area contributed by atoms with E-state index in [1.807, 2.05) is 13.0 Å². The summed E-state index contributed by atoms with van der Waals surface area (Å²) >= 11 is 0. The summed E-state index contributed by atoms with van der Waals surface area (Å²) in [6.45, 7) is 4.54. The zero-order valence-corrected chi connectivity index (χ0v) is 27.1. The largest absolute Gasteiger partial charge is 0.524 e. The summed E-state index contributed by atoms with van der Waals surface area (Å²) in [6, 6.07) is 10.3. The SMILES string of the molecule is CCCN(C(=O)OCOC(=O)c1ccc(OP(=O)(O)O)cc1)C(=O)c1cn2ncnc(Nc3cc(C(=O)NC4CC4)ccc3C)c2c1C. The number of aromatic nitrogens is 3. The van der Waals surface area contributed by atoms with E-state index in [1.54, 1.807) is 26.0 Å². The molecule has 0 atom stereocenters. The number of esters is 1. The standard InChI is InChI=1S/C31H33N6O10P/c1-4-13-36(31(41)46-17-45-30(40)20-7-11-23(12-8-20)47-48(42,43)44)29(39)24-15-37-26(19(24)3)27(32-16-33-37)35-25-14-21(6-5-18(25)2)28(38)34-22-9-10-22/h5-8,11-12,14-16,22H,4,9-10,13,17H2,1-3H3,(H,34,38)(H,32,33,35)(H2,42,43,44). The maximum absolute atomic E-state index is 13.7. The number of ether oxygens (including phenoxy) is 2. The number of rotatable bonds is 12. The van der Waals surface area contributed by atoms with Crippen LogP contribution in [0, 0.1) is 13.8 Å². The zero-order valence-electron chi connectivity index (χ0n) is 26.2. The summed E-state index contributed by atoms with van der Waals surface area (Å²) in [4.78, 5) is 74.7. The van der Waals surface area contributed by atoms with E-state index in [2.05, 4.69) is 25.2 Å². The maximum atomic E-state index is 13.7. The number of phosphoric ester groups is 1. The molecule has 2 heterocycles. The highest BCUT2D eigenvalue weighted by Gasteiger charge is 2.28. The molecule has 3 amide bonds. The topological polar surface area (TPSA) is 211 Å². The van der Waals surface area contributed by atoms with Crippen molar-refractivity contribution in [2.45, 2.75) is 46.1 Å². The minimum Gasteiger partial charge on any atom is -0.424 e. The average molecular weight is 681 g/mol. The van der Waals surface area contributed by atoms with Crippen LogP contribution in [0.3, 0.4) is 0 Å². The first-order valence-electron chi connectivity index (χ1n) is 14.9. The highest BCUT2D eigenvalue weighted by molar-refractivity contribution is 7.46. The van der Waals surface area contributed by atoms with Gasteiger partial charge in [-0.2, -0.15) is 5.10 Å². The smallest absolute Gasteiger partial charge is 0.424 e. The monoisotopic (exact) mass is 680 g/mol. The number of phosphoric acid groups is 1. The molecule has 1 saturated carbocycles. The minimum atomic E-state index is -4.77. The Morgan fingerprint density at radius 1 is 1.04 bits per heavy atom. The van der Waals surface area contributed by atoms with Gasteiger partial charge in [-0.25, -0.2) is 28.6 Å². The summed E-state index contributed by atoms with van der Waals surface area (Å²) in [5.74, 6) is -1.51. The lowest BCUT2D eigenvalue weighted by atomic mass is 10.1. The van der Waals surface area contributed by atoms with Gasteiger partial charge in [-0.1, -0.05) is 13.0 Å². The third-order valence-electron chi connectivity index (χ3n) is 7.32. The van der Waals surface area contributed by atoms with Crippen molar-refractivity contribution in [2.75, 3.05) is 18.7 Å². The molecule has 0 radical (unpaired) electrons.